The molecule has 1 saturated heterocycles. The summed E-state index contributed by atoms with van der Waals surface area (Å²) in [5.74, 6) is 0.580. The number of nitrogens with one attached hydrogen (secondary N) is 1. The number of benzene rings is 1. The Kier molecular flexibility index (Phi) is 2.43. The fourth-order valence-electron chi connectivity index (χ4n) is 2.09. The van der Waals surface area contributed by atoms with E-state index in [0.29, 0.717) is 5.92 Å². The molecular weight excluding hydrogens is 196 g/mol. The summed E-state index contributed by atoms with van der Waals surface area (Å²) in [6.07, 6.45) is 1.89. The minimum absolute atomic E-state index is 0.580. The van der Waals surface area contributed by atoms with Gasteiger partial charge >= 0.3 is 0 Å². The van der Waals surface area contributed by atoms with Crippen molar-refractivity contribution in [2.75, 3.05) is 13.1 Å². The first-order chi connectivity index (χ1) is 7.95. The summed E-state index contributed by atoms with van der Waals surface area (Å²) < 4.78 is 0. The van der Waals surface area contributed by atoms with Gasteiger partial charge in [0.1, 0.15) is 0 Å². The molecule has 1 aromatic carbocycles. The third-order valence-electron chi connectivity index (χ3n) is 3.09. The molecule has 3 rings (SSSR count). The number of hydrogen-bond donors (Lipinski definition) is 1. The Bertz CT molecular complexity index is 475. The highest BCUT2D eigenvalue weighted by atomic mass is 15.0. The van der Waals surface area contributed by atoms with E-state index in [4.69, 9.17) is 0 Å². The average molecular weight is 210 g/mol. The highest BCUT2D eigenvalue weighted by Gasteiger charge is 2.23. The van der Waals surface area contributed by atoms with Crippen LogP contribution in [0.2, 0.25) is 0 Å². The SMILES string of the molecule is c1ccc(-c2cccnc2C2CNC2)cc1. The molecule has 1 fully saturated rings. The molecule has 0 saturated carbocycles. The fraction of sp³-hybridized carbons (Fsp3) is 0.214. The molecule has 0 radical (unpaired) electrons. The van der Waals surface area contributed by atoms with Crippen LogP contribution in [0.15, 0.2) is 48.7 Å². The highest BCUT2D eigenvalue weighted by molar-refractivity contribution is 5.66. The summed E-state index contributed by atoms with van der Waals surface area (Å²) in [4.78, 5) is 4.54. The first-order valence-corrected chi connectivity index (χ1v) is 5.66. The average Bonchev–Trinajstić information content (AvgIpc) is 2.29. The van der Waals surface area contributed by atoms with Crippen molar-refractivity contribution in [3.8, 4) is 11.1 Å². The van der Waals surface area contributed by atoms with E-state index in [2.05, 4.69) is 40.6 Å². The quantitative estimate of drug-likeness (QED) is 0.823. The minimum Gasteiger partial charge on any atom is -0.315 e. The van der Waals surface area contributed by atoms with Crippen molar-refractivity contribution in [3.63, 3.8) is 0 Å². The summed E-state index contributed by atoms with van der Waals surface area (Å²) in [6.45, 7) is 2.10. The number of pyridine rings is 1. The van der Waals surface area contributed by atoms with E-state index in [1.54, 1.807) is 0 Å². The minimum atomic E-state index is 0.580. The zero-order valence-corrected chi connectivity index (χ0v) is 9.06. The van der Waals surface area contributed by atoms with Gasteiger partial charge in [-0.25, -0.2) is 0 Å². The molecule has 0 atom stereocenters. The molecule has 1 N–H and O–H groups in total. The van der Waals surface area contributed by atoms with Crippen molar-refractivity contribution in [2.24, 2.45) is 0 Å². The molecule has 0 unspecified atom stereocenters. The van der Waals surface area contributed by atoms with Gasteiger partial charge in [-0.15, -0.1) is 0 Å². The van der Waals surface area contributed by atoms with Crippen molar-refractivity contribution in [2.45, 2.75) is 5.92 Å². The van der Waals surface area contributed by atoms with Crippen LogP contribution in [0.1, 0.15) is 11.6 Å². The van der Waals surface area contributed by atoms with Gasteiger partial charge in [0.05, 0.1) is 5.69 Å². The van der Waals surface area contributed by atoms with Crippen molar-refractivity contribution < 1.29 is 0 Å². The molecule has 1 aliphatic rings. The van der Waals surface area contributed by atoms with Crippen LogP contribution < -0.4 is 5.32 Å². The van der Waals surface area contributed by atoms with Gasteiger partial charge in [0.15, 0.2) is 0 Å². The Hall–Kier alpha value is -1.67. The topological polar surface area (TPSA) is 24.9 Å². The molecule has 80 valence electrons. The van der Waals surface area contributed by atoms with Crippen LogP contribution in [0.5, 0.6) is 0 Å². The first-order valence-electron chi connectivity index (χ1n) is 5.66. The third kappa shape index (κ3) is 1.61. The van der Waals surface area contributed by atoms with Gasteiger partial charge in [-0.05, 0) is 11.6 Å². The molecule has 2 heterocycles. The summed E-state index contributed by atoms with van der Waals surface area (Å²) in [5, 5.41) is 3.30. The Balaban J connectivity index is 2.06. The third-order valence-corrected chi connectivity index (χ3v) is 3.09. The molecular formula is C14H14N2. The van der Waals surface area contributed by atoms with Crippen molar-refractivity contribution >= 4 is 0 Å². The second-order valence-corrected chi connectivity index (χ2v) is 4.16. The molecule has 1 aromatic heterocycles. The zero-order chi connectivity index (χ0) is 10.8. The van der Waals surface area contributed by atoms with Gasteiger partial charge in [-0.1, -0.05) is 36.4 Å². The lowest BCUT2D eigenvalue weighted by molar-refractivity contribution is 0.441. The standard InChI is InChI=1S/C14H14N2/c1-2-5-11(6-3-1)13-7-4-8-16-14(13)12-9-15-10-12/h1-8,12,15H,9-10H2. The fourth-order valence-corrected chi connectivity index (χ4v) is 2.09. The van der Waals surface area contributed by atoms with E-state index in [0.717, 1.165) is 13.1 Å². The summed E-state index contributed by atoms with van der Waals surface area (Å²) in [7, 11) is 0. The van der Waals surface area contributed by atoms with Crippen LogP contribution in [-0.2, 0) is 0 Å². The normalized spacial score (nSPS) is 15.8. The van der Waals surface area contributed by atoms with Crippen LogP contribution in [0, 0.1) is 0 Å². The Morgan fingerprint density at radius 1 is 1.00 bits per heavy atom. The van der Waals surface area contributed by atoms with Crippen LogP contribution >= 0.6 is 0 Å². The molecule has 2 aromatic rings. The molecule has 2 heteroatoms. The lowest BCUT2D eigenvalue weighted by Crippen LogP contribution is -2.40. The lowest BCUT2D eigenvalue weighted by Gasteiger charge is -2.28. The highest BCUT2D eigenvalue weighted by Crippen LogP contribution is 2.29. The molecule has 0 amide bonds. The Morgan fingerprint density at radius 3 is 2.50 bits per heavy atom. The Morgan fingerprint density at radius 2 is 1.81 bits per heavy atom. The zero-order valence-electron chi connectivity index (χ0n) is 9.06. The van der Waals surface area contributed by atoms with Crippen LogP contribution in [0.25, 0.3) is 11.1 Å². The molecule has 0 aliphatic carbocycles. The van der Waals surface area contributed by atoms with Gasteiger partial charge in [0, 0.05) is 30.8 Å². The second kappa shape index (κ2) is 4.06. The van der Waals surface area contributed by atoms with Crippen molar-refractivity contribution in [1.29, 1.82) is 0 Å². The maximum Gasteiger partial charge on any atom is 0.0538 e. The Labute approximate surface area is 95.3 Å². The smallest absolute Gasteiger partial charge is 0.0538 e. The summed E-state index contributed by atoms with van der Waals surface area (Å²) in [6, 6.07) is 14.7. The van der Waals surface area contributed by atoms with Gasteiger partial charge in [0.25, 0.3) is 0 Å². The molecule has 1 aliphatic heterocycles. The number of aromatic nitrogens is 1. The molecule has 0 bridgehead atoms. The maximum absolute atomic E-state index is 4.54. The van der Waals surface area contributed by atoms with E-state index in [-0.39, 0.29) is 0 Å². The van der Waals surface area contributed by atoms with E-state index in [1.165, 1.54) is 16.8 Å². The molecule has 0 spiro atoms. The largest absolute Gasteiger partial charge is 0.315 e. The molecule has 2 nitrogen and oxygen atoms in total. The summed E-state index contributed by atoms with van der Waals surface area (Å²) in [5.41, 5.74) is 3.76. The van der Waals surface area contributed by atoms with Gasteiger partial charge in [-0.2, -0.15) is 0 Å². The second-order valence-electron chi connectivity index (χ2n) is 4.16. The number of rotatable bonds is 2. The molecule has 16 heavy (non-hydrogen) atoms. The predicted molar refractivity (Wildman–Crippen MR) is 65.3 cm³/mol. The van der Waals surface area contributed by atoms with Gasteiger partial charge in [-0.3, -0.25) is 4.98 Å². The first kappa shape index (κ1) is 9.55. The van der Waals surface area contributed by atoms with E-state index in [1.807, 2.05) is 18.3 Å². The maximum atomic E-state index is 4.54. The van der Waals surface area contributed by atoms with E-state index >= 15 is 0 Å². The van der Waals surface area contributed by atoms with E-state index < -0.39 is 0 Å². The lowest BCUT2D eigenvalue weighted by atomic mass is 9.92. The van der Waals surface area contributed by atoms with Crippen LogP contribution in [0.4, 0.5) is 0 Å². The number of hydrogen-bond acceptors (Lipinski definition) is 2. The number of nitrogens with zero attached hydrogens (tertiary/aromatic N) is 1. The van der Waals surface area contributed by atoms with Crippen molar-refractivity contribution in [3.05, 3.63) is 54.4 Å². The van der Waals surface area contributed by atoms with E-state index in [9.17, 15) is 0 Å². The van der Waals surface area contributed by atoms with Crippen molar-refractivity contribution in [1.82, 2.24) is 10.3 Å². The summed E-state index contributed by atoms with van der Waals surface area (Å²) >= 11 is 0. The van der Waals surface area contributed by atoms with Gasteiger partial charge < -0.3 is 5.32 Å². The predicted octanol–water partition coefficient (Wildman–Crippen LogP) is 2.44. The van der Waals surface area contributed by atoms with Crippen LogP contribution in [0.3, 0.4) is 0 Å². The monoisotopic (exact) mass is 210 g/mol. The van der Waals surface area contributed by atoms with Gasteiger partial charge in [0.2, 0.25) is 0 Å². The van der Waals surface area contributed by atoms with Crippen LogP contribution in [-0.4, -0.2) is 18.1 Å².